The number of hydrogen-bond acceptors (Lipinski definition) is 4. The zero-order chi connectivity index (χ0) is 16.4. The highest BCUT2D eigenvalue weighted by Crippen LogP contribution is 2.38. The van der Waals surface area contributed by atoms with E-state index in [1.807, 2.05) is 6.92 Å². The molecule has 2 fully saturated rings. The van der Waals surface area contributed by atoms with Crippen molar-refractivity contribution in [3.8, 4) is 0 Å². The Bertz CT molecular complexity index is 626. The lowest BCUT2D eigenvalue weighted by atomic mass is 10.2. The maximum Gasteiger partial charge on any atom is 0.309 e. The number of ether oxygens (including phenoxy) is 1. The van der Waals surface area contributed by atoms with Crippen molar-refractivity contribution in [2.45, 2.75) is 26.2 Å². The second-order valence-corrected chi connectivity index (χ2v) is 6.17. The van der Waals surface area contributed by atoms with E-state index >= 15 is 0 Å². The lowest BCUT2D eigenvalue weighted by Gasteiger charge is -2.16. The van der Waals surface area contributed by atoms with Crippen LogP contribution in [0.5, 0.6) is 0 Å². The summed E-state index contributed by atoms with van der Waals surface area (Å²) in [5.74, 6) is -0.207. The first-order valence-electron chi connectivity index (χ1n) is 7.91. The Morgan fingerprint density at radius 2 is 2.00 bits per heavy atom. The molecule has 2 amide bonds. The van der Waals surface area contributed by atoms with Gasteiger partial charge in [0.15, 0.2) is 6.61 Å². The minimum atomic E-state index is -0.364. The molecule has 0 spiro atoms. The van der Waals surface area contributed by atoms with Gasteiger partial charge in [-0.3, -0.25) is 14.4 Å². The van der Waals surface area contributed by atoms with Crippen molar-refractivity contribution >= 4 is 29.2 Å². The fourth-order valence-corrected chi connectivity index (χ4v) is 2.74. The maximum atomic E-state index is 11.8. The number of anilines is 2. The van der Waals surface area contributed by atoms with Gasteiger partial charge in [-0.2, -0.15) is 0 Å². The smallest absolute Gasteiger partial charge is 0.309 e. The number of nitrogens with zero attached hydrogens (tertiary/aromatic N) is 1. The maximum absolute atomic E-state index is 11.8. The molecule has 23 heavy (non-hydrogen) atoms. The number of rotatable bonds is 5. The van der Waals surface area contributed by atoms with Crippen LogP contribution >= 0.6 is 0 Å². The Morgan fingerprint density at radius 3 is 2.57 bits per heavy atom. The molecule has 2 aliphatic rings. The Hall–Kier alpha value is -2.37. The van der Waals surface area contributed by atoms with Gasteiger partial charge in [0.25, 0.3) is 5.91 Å². The van der Waals surface area contributed by atoms with Crippen molar-refractivity contribution in [3.05, 3.63) is 24.3 Å². The van der Waals surface area contributed by atoms with E-state index in [4.69, 9.17) is 4.74 Å². The summed E-state index contributed by atoms with van der Waals surface area (Å²) in [4.78, 5) is 36.8. The van der Waals surface area contributed by atoms with Crippen molar-refractivity contribution in [1.29, 1.82) is 0 Å². The summed E-state index contributed by atoms with van der Waals surface area (Å²) in [6, 6.07) is 7.08. The Kier molecular flexibility index (Phi) is 4.32. The fraction of sp³-hybridized carbons (Fsp3) is 0.471. The standard InChI is InChI=1S/C17H20N2O4/c1-11-9-14(11)17(22)23-10-15(20)18-12-4-6-13(7-5-12)19-8-2-3-16(19)21/h4-7,11,14H,2-3,8-10H2,1H3,(H,18,20)/t11-,14+/m0/s1. The molecular formula is C17H20N2O4. The zero-order valence-corrected chi connectivity index (χ0v) is 13.1. The second kappa shape index (κ2) is 6.40. The zero-order valence-electron chi connectivity index (χ0n) is 13.1. The molecule has 6 heteroatoms. The van der Waals surface area contributed by atoms with Crippen LogP contribution in [-0.4, -0.2) is 30.9 Å². The molecule has 0 aromatic heterocycles. The molecule has 6 nitrogen and oxygen atoms in total. The van der Waals surface area contributed by atoms with E-state index in [0.29, 0.717) is 18.0 Å². The summed E-state index contributed by atoms with van der Waals surface area (Å²) in [6.45, 7) is 2.45. The SMILES string of the molecule is C[C@H]1C[C@H]1C(=O)OCC(=O)Nc1ccc(N2CCCC2=O)cc1. The third-order valence-electron chi connectivity index (χ3n) is 4.29. The number of carbonyl (C=O) groups excluding carboxylic acids is 3. The summed E-state index contributed by atoms with van der Waals surface area (Å²) in [5.41, 5.74) is 1.45. The number of carbonyl (C=O) groups is 3. The first kappa shape index (κ1) is 15.5. The number of benzene rings is 1. The average Bonchev–Trinajstić information content (AvgIpc) is 3.12. The third kappa shape index (κ3) is 3.70. The minimum Gasteiger partial charge on any atom is -0.455 e. The third-order valence-corrected chi connectivity index (χ3v) is 4.29. The van der Waals surface area contributed by atoms with Gasteiger partial charge < -0.3 is 15.0 Å². The second-order valence-electron chi connectivity index (χ2n) is 6.17. The molecule has 1 saturated heterocycles. The van der Waals surface area contributed by atoms with Crippen LogP contribution in [0.15, 0.2) is 24.3 Å². The largest absolute Gasteiger partial charge is 0.455 e. The number of nitrogens with one attached hydrogen (secondary N) is 1. The molecule has 2 atom stereocenters. The van der Waals surface area contributed by atoms with Gasteiger partial charge in [-0.15, -0.1) is 0 Å². The topological polar surface area (TPSA) is 75.7 Å². The molecular weight excluding hydrogens is 296 g/mol. The normalized spacial score (nSPS) is 22.8. The van der Waals surface area contributed by atoms with Crippen molar-refractivity contribution in [3.63, 3.8) is 0 Å². The molecule has 1 aliphatic heterocycles. The number of amides is 2. The highest BCUT2D eigenvalue weighted by Gasteiger charge is 2.40. The van der Waals surface area contributed by atoms with E-state index in [1.165, 1.54) is 0 Å². The van der Waals surface area contributed by atoms with Crippen molar-refractivity contribution < 1.29 is 19.1 Å². The van der Waals surface area contributed by atoms with Gasteiger partial charge in [0, 0.05) is 24.3 Å². The Balaban J connectivity index is 1.48. The molecule has 0 radical (unpaired) electrons. The molecule has 1 aromatic rings. The van der Waals surface area contributed by atoms with Crippen LogP contribution < -0.4 is 10.2 Å². The van der Waals surface area contributed by atoms with Crippen molar-refractivity contribution in [1.82, 2.24) is 0 Å². The molecule has 1 heterocycles. The highest BCUT2D eigenvalue weighted by molar-refractivity contribution is 5.96. The molecule has 122 valence electrons. The quantitative estimate of drug-likeness (QED) is 0.843. The highest BCUT2D eigenvalue weighted by atomic mass is 16.5. The van der Waals surface area contributed by atoms with Crippen LogP contribution in [0.4, 0.5) is 11.4 Å². The predicted octanol–water partition coefficient (Wildman–Crippen LogP) is 1.95. The van der Waals surface area contributed by atoms with Crippen LogP contribution in [0.2, 0.25) is 0 Å². The molecule has 3 rings (SSSR count). The van der Waals surface area contributed by atoms with Gasteiger partial charge in [-0.25, -0.2) is 0 Å². The van der Waals surface area contributed by atoms with Crippen LogP contribution in [0.25, 0.3) is 0 Å². The van der Waals surface area contributed by atoms with Gasteiger partial charge in [0.05, 0.1) is 5.92 Å². The molecule has 0 unspecified atom stereocenters. The predicted molar refractivity (Wildman–Crippen MR) is 84.9 cm³/mol. The van der Waals surface area contributed by atoms with Gasteiger partial charge in [0.1, 0.15) is 0 Å². The van der Waals surface area contributed by atoms with Gasteiger partial charge in [-0.1, -0.05) is 6.92 Å². The summed E-state index contributed by atoms with van der Waals surface area (Å²) >= 11 is 0. The van der Waals surface area contributed by atoms with Crippen molar-refractivity contribution in [2.24, 2.45) is 11.8 Å². The summed E-state index contributed by atoms with van der Waals surface area (Å²) in [6.07, 6.45) is 2.31. The molecule has 1 aliphatic carbocycles. The monoisotopic (exact) mass is 316 g/mol. The fourth-order valence-electron chi connectivity index (χ4n) is 2.74. The first-order chi connectivity index (χ1) is 11.0. The van der Waals surface area contributed by atoms with Crippen LogP contribution in [0.1, 0.15) is 26.2 Å². The summed E-state index contributed by atoms with van der Waals surface area (Å²) in [7, 11) is 0. The summed E-state index contributed by atoms with van der Waals surface area (Å²) in [5, 5.41) is 2.68. The van der Waals surface area contributed by atoms with E-state index in [2.05, 4.69) is 5.32 Å². The van der Waals surface area contributed by atoms with Gasteiger partial charge in [-0.05, 0) is 43.0 Å². The number of hydrogen-bond donors (Lipinski definition) is 1. The van der Waals surface area contributed by atoms with Crippen molar-refractivity contribution in [2.75, 3.05) is 23.4 Å². The van der Waals surface area contributed by atoms with E-state index < -0.39 is 0 Å². The Labute approximate surface area is 134 Å². The van der Waals surface area contributed by atoms with Crippen LogP contribution in [0.3, 0.4) is 0 Å². The van der Waals surface area contributed by atoms with Gasteiger partial charge in [0.2, 0.25) is 5.91 Å². The Morgan fingerprint density at radius 1 is 1.30 bits per heavy atom. The lowest BCUT2D eigenvalue weighted by molar-refractivity contribution is -0.148. The lowest BCUT2D eigenvalue weighted by Crippen LogP contribution is -2.24. The minimum absolute atomic E-state index is 0.0416. The first-order valence-corrected chi connectivity index (χ1v) is 7.91. The molecule has 1 aromatic carbocycles. The van der Waals surface area contributed by atoms with E-state index in [0.717, 1.165) is 25.1 Å². The molecule has 1 N–H and O–H groups in total. The van der Waals surface area contributed by atoms with Crippen LogP contribution in [-0.2, 0) is 19.1 Å². The van der Waals surface area contributed by atoms with E-state index in [1.54, 1.807) is 29.2 Å². The summed E-state index contributed by atoms with van der Waals surface area (Å²) < 4.78 is 4.99. The van der Waals surface area contributed by atoms with E-state index in [-0.39, 0.29) is 30.3 Å². The van der Waals surface area contributed by atoms with Gasteiger partial charge >= 0.3 is 5.97 Å². The van der Waals surface area contributed by atoms with Crippen LogP contribution in [0, 0.1) is 11.8 Å². The average molecular weight is 316 g/mol. The molecule has 1 saturated carbocycles. The van der Waals surface area contributed by atoms with E-state index in [9.17, 15) is 14.4 Å². The number of esters is 1. The molecule has 0 bridgehead atoms.